The summed E-state index contributed by atoms with van der Waals surface area (Å²) in [5.74, 6) is 1.12. The molecule has 1 heterocycles. The summed E-state index contributed by atoms with van der Waals surface area (Å²) < 4.78 is 2.24. The van der Waals surface area contributed by atoms with Gasteiger partial charge in [0.2, 0.25) is 0 Å². The number of benzene rings is 1. The minimum Gasteiger partial charge on any atom is -0.335 e. The highest BCUT2D eigenvalue weighted by atomic mass is 15.1. The lowest BCUT2D eigenvalue weighted by molar-refractivity contribution is 0.356. The van der Waals surface area contributed by atoms with Gasteiger partial charge in [-0.25, -0.2) is 4.98 Å². The van der Waals surface area contributed by atoms with Gasteiger partial charge in [0.05, 0.1) is 0 Å². The third-order valence-corrected chi connectivity index (χ3v) is 4.36. The summed E-state index contributed by atoms with van der Waals surface area (Å²) >= 11 is 0. The van der Waals surface area contributed by atoms with Crippen molar-refractivity contribution in [3.8, 4) is 0 Å². The molecule has 0 radical (unpaired) electrons. The first-order valence-corrected chi connectivity index (χ1v) is 7.60. The first-order chi connectivity index (χ1) is 9.73. The number of fused-ring (bicyclic) bond motifs is 1. The SMILES string of the molecule is CCCn1ccnc1CC1(N)CCCc2ccccc21. The molecule has 1 aromatic heterocycles. The van der Waals surface area contributed by atoms with Crippen molar-refractivity contribution in [1.29, 1.82) is 0 Å². The first kappa shape index (κ1) is 13.4. The van der Waals surface area contributed by atoms with Crippen LogP contribution in [0.25, 0.3) is 0 Å². The fourth-order valence-corrected chi connectivity index (χ4v) is 3.37. The third kappa shape index (κ3) is 2.38. The highest BCUT2D eigenvalue weighted by molar-refractivity contribution is 5.36. The van der Waals surface area contributed by atoms with Crippen molar-refractivity contribution in [2.75, 3.05) is 0 Å². The Balaban J connectivity index is 1.92. The van der Waals surface area contributed by atoms with Crippen LogP contribution >= 0.6 is 0 Å². The van der Waals surface area contributed by atoms with Crippen LogP contribution in [0.4, 0.5) is 0 Å². The van der Waals surface area contributed by atoms with E-state index in [4.69, 9.17) is 5.73 Å². The highest BCUT2D eigenvalue weighted by Crippen LogP contribution is 2.35. The molecule has 106 valence electrons. The summed E-state index contributed by atoms with van der Waals surface area (Å²) in [5.41, 5.74) is 9.24. The van der Waals surface area contributed by atoms with Gasteiger partial charge in [0.15, 0.2) is 0 Å². The largest absolute Gasteiger partial charge is 0.335 e. The normalized spacial score (nSPS) is 21.7. The number of aromatic nitrogens is 2. The van der Waals surface area contributed by atoms with Crippen molar-refractivity contribution >= 4 is 0 Å². The van der Waals surface area contributed by atoms with Crippen LogP contribution < -0.4 is 5.73 Å². The van der Waals surface area contributed by atoms with Crippen molar-refractivity contribution in [2.24, 2.45) is 5.73 Å². The van der Waals surface area contributed by atoms with E-state index in [9.17, 15) is 0 Å². The molecule has 3 heteroatoms. The van der Waals surface area contributed by atoms with Crippen LogP contribution in [0.15, 0.2) is 36.7 Å². The van der Waals surface area contributed by atoms with Gasteiger partial charge in [-0.15, -0.1) is 0 Å². The molecule has 3 rings (SSSR count). The van der Waals surface area contributed by atoms with Crippen molar-refractivity contribution in [2.45, 2.75) is 51.1 Å². The van der Waals surface area contributed by atoms with Gasteiger partial charge in [0.1, 0.15) is 5.82 Å². The number of rotatable bonds is 4. The van der Waals surface area contributed by atoms with E-state index in [2.05, 4.69) is 46.9 Å². The fourth-order valence-electron chi connectivity index (χ4n) is 3.37. The Morgan fingerprint density at radius 3 is 3.05 bits per heavy atom. The van der Waals surface area contributed by atoms with Crippen LogP contribution in [0.2, 0.25) is 0 Å². The number of nitrogens with two attached hydrogens (primary N) is 1. The van der Waals surface area contributed by atoms with E-state index in [1.165, 1.54) is 17.5 Å². The molecule has 1 unspecified atom stereocenters. The van der Waals surface area contributed by atoms with E-state index in [0.29, 0.717) is 0 Å². The molecule has 1 atom stereocenters. The Labute approximate surface area is 120 Å². The summed E-state index contributed by atoms with van der Waals surface area (Å²) in [6.07, 6.45) is 9.28. The van der Waals surface area contributed by atoms with E-state index in [1.807, 2.05) is 6.20 Å². The van der Waals surface area contributed by atoms with E-state index in [0.717, 1.165) is 38.1 Å². The molecule has 3 nitrogen and oxygen atoms in total. The number of hydrogen-bond acceptors (Lipinski definition) is 2. The molecular weight excluding hydrogens is 246 g/mol. The van der Waals surface area contributed by atoms with Gasteiger partial charge in [-0.1, -0.05) is 31.2 Å². The Kier molecular flexibility index (Phi) is 3.62. The maximum atomic E-state index is 6.77. The molecule has 2 aromatic rings. The second kappa shape index (κ2) is 5.41. The zero-order valence-electron chi connectivity index (χ0n) is 12.2. The minimum absolute atomic E-state index is 0.258. The van der Waals surface area contributed by atoms with Gasteiger partial charge < -0.3 is 10.3 Å². The summed E-state index contributed by atoms with van der Waals surface area (Å²) in [6, 6.07) is 8.63. The maximum absolute atomic E-state index is 6.77. The molecule has 0 aliphatic heterocycles. The second-order valence-corrected chi connectivity index (χ2v) is 5.88. The van der Waals surface area contributed by atoms with E-state index in [-0.39, 0.29) is 5.54 Å². The average Bonchev–Trinajstić information content (AvgIpc) is 2.87. The minimum atomic E-state index is -0.258. The highest BCUT2D eigenvalue weighted by Gasteiger charge is 2.33. The van der Waals surface area contributed by atoms with Gasteiger partial charge in [-0.05, 0) is 36.8 Å². The molecule has 1 aromatic carbocycles. The molecule has 1 aliphatic rings. The predicted octanol–water partition coefficient (Wildman–Crippen LogP) is 3.03. The lowest BCUT2D eigenvalue weighted by Gasteiger charge is -2.35. The Morgan fingerprint density at radius 2 is 2.20 bits per heavy atom. The predicted molar refractivity (Wildman–Crippen MR) is 81.5 cm³/mol. The summed E-state index contributed by atoms with van der Waals surface area (Å²) in [7, 11) is 0. The summed E-state index contributed by atoms with van der Waals surface area (Å²) in [5, 5.41) is 0. The topological polar surface area (TPSA) is 43.8 Å². The van der Waals surface area contributed by atoms with Gasteiger partial charge >= 0.3 is 0 Å². The van der Waals surface area contributed by atoms with Crippen LogP contribution in [0, 0.1) is 0 Å². The van der Waals surface area contributed by atoms with E-state index in [1.54, 1.807) is 0 Å². The van der Waals surface area contributed by atoms with Crippen LogP contribution in [-0.2, 0) is 24.9 Å². The zero-order valence-corrected chi connectivity index (χ0v) is 12.2. The van der Waals surface area contributed by atoms with Crippen molar-refractivity contribution in [3.63, 3.8) is 0 Å². The molecule has 0 fully saturated rings. The molecule has 2 N–H and O–H groups in total. The summed E-state index contributed by atoms with van der Waals surface area (Å²) in [4.78, 5) is 4.53. The standard InChI is InChI=1S/C17H23N3/c1-2-11-20-12-10-19-16(20)13-17(18)9-5-7-14-6-3-4-8-15(14)17/h3-4,6,8,10,12H,2,5,7,9,11,13,18H2,1H3. The maximum Gasteiger partial charge on any atom is 0.110 e. The number of nitrogens with zero attached hydrogens (tertiary/aromatic N) is 2. The number of aryl methyl sites for hydroxylation is 2. The Bertz CT molecular complexity index is 587. The van der Waals surface area contributed by atoms with Crippen LogP contribution in [0.5, 0.6) is 0 Å². The molecule has 0 saturated carbocycles. The van der Waals surface area contributed by atoms with Crippen LogP contribution in [-0.4, -0.2) is 9.55 Å². The molecule has 0 spiro atoms. The Hall–Kier alpha value is -1.61. The molecule has 0 amide bonds. The fraction of sp³-hybridized carbons (Fsp3) is 0.471. The third-order valence-electron chi connectivity index (χ3n) is 4.36. The Morgan fingerprint density at radius 1 is 1.35 bits per heavy atom. The average molecular weight is 269 g/mol. The molecule has 0 bridgehead atoms. The zero-order chi connectivity index (χ0) is 14.0. The second-order valence-electron chi connectivity index (χ2n) is 5.88. The lowest BCUT2D eigenvalue weighted by Crippen LogP contribution is -2.42. The van der Waals surface area contributed by atoms with Crippen molar-refractivity contribution in [3.05, 3.63) is 53.6 Å². The molecule has 1 aliphatic carbocycles. The number of imidazole rings is 1. The van der Waals surface area contributed by atoms with Gasteiger partial charge in [0, 0.05) is 30.9 Å². The quantitative estimate of drug-likeness (QED) is 0.927. The molecule has 0 saturated heterocycles. The first-order valence-electron chi connectivity index (χ1n) is 7.60. The smallest absolute Gasteiger partial charge is 0.110 e. The number of hydrogen-bond donors (Lipinski definition) is 1. The lowest BCUT2D eigenvalue weighted by atomic mass is 9.75. The van der Waals surface area contributed by atoms with Gasteiger partial charge in [-0.2, -0.15) is 0 Å². The summed E-state index contributed by atoms with van der Waals surface area (Å²) in [6.45, 7) is 3.21. The van der Waals surface area contributed by atoms with Gasteiger partial charge in [0.25, 0.3) is 0 Å². The van der Waals surface area contributed by atoms with E-state index >= 15 is 0 Å². The van der Waals surface area contributed by atoms with Crippen LogP contribution in [0.3, 0.4) is 0 Å². The van der Waals surface area contributed by atoms with Gasteiger partial charge in [-0.3, -0.25) is 0 Å². The molecular formula is C17H23N3. The van der Waals surface area contributed by atoms with Crippen molar-refractivity contribution in [1.82, 2.24) is 9.55 Å². The van der Waals surface area contributed by atoms with E-state index < -0.39 is 0 Å². The van der Waals surface area contributed by atoms with Crippen LogP contribution in [0.1, 0.15) is 43.1 Å². The van der Waals surface area contributed by atoms with Crippen molar-refractivity contribution < 1.29 is 0 Å². The molecule has 20 heavy (non-hydrogen) atoms. The monoisotopic (exact) mass is 269 g/mol.